The number of rotatable bonds is 10. The minimum absolute atomic E-state index is 0. The predicted molar refractivity (Wildman–Crippen MR) is 143 cm³/mol. The van der Waals surface area contributed by atoms with Gasteiger partial charge < -0.3 is 4.90 Å². The lowest BCUT2D eigenvalue weighted by atomic mass is 10.1. The predicted octanol–water partition coefficient (Wildman–Crippen LogP) is 6.50. The maximum atomic E-state index is 13.3. The number of likely N-dealkylation sites (N-methyl/N-ethyl adjacent to an activating group) is 1. The topological polar surface area (TPSA) is 36.4 Å². The Bertz CT molecular complexity index is 977. The Labute approximate surface area is 206 Å². The van der Waals surface area contributed by atoms with E-state index in [0.717, 1.165) is 41.6 Å². The van der Waals surface area contributed by atoms with Crippen molar-refractivity contribution in [2.24, 2.45) is 0 Å². The molecule has 0 N–H and O–H groups in total. The number of fused-ring (bicyclic) bond motifs is 1. The second-order valence-electron chi connectivity index (χ2n) is 7.86. The van der Waals surface area contributed by atoms with E-state index in [1.165, 1.54) is 20.7 Å². The highest BCUT2D eigenvalue weighted by Gasteiger charge is 2.21. The molecular weight excluding hydrogens is 458 g/mol. The van der Waals surface area contributed by atoms with Crippen LogP contribution < -0.4 is 4.90 Å². The highest BCUT2D eigenvalue weighted by atomic mass is 35.5. The fourth-order valence-corrected chi connectivity index (χ4v) is 5.49. The van der Waals surface area contributed by atoms with Gasteiger partial charge in [0.2, 0.25) is 5.91 Å². The van der Waals surface area contributed by atoms with Gasteiger partial charge in [-0.3, -0.25) is 9.69 Å². The number of carbonyl (C=O) groups excluding carboxylic acids is 1. The third-order valence-electron chi connectivity index (χ3n) is 5.60. The first-order chi connectivity index (χ1) is 14.9. The van der Waals surface area contributed by atoms with E-state index in [1.54, 1.807) is 23.1 Å². The van der Waals surface area contributed by atoms with Crippen LogP contribution in [0.1, 0.15) is 37.0 Å². The molecule has 0 aliphatic heterocycles. The van der Waals surface area contributed by atoms with Crippen LogP contribution in [-0.2, 0) is 4.79 Å². The number of carbonyl (C=O) groups is 1. The van der Waals surface area contributed by atoms with E-state index >= 15 is 0 Å². The SMILES string of the molecule is CCN(CC)CCN(C(=O)CCSc1ccc(C)cc1)c1nc2c(C)ccc(C)c2s1.Cl. The van der Waals surface area contributed by atoms with Crippen LogP contribution in [0.3, 0.4) is 0 Å². The van der Waals surface area contributed by atoms with Crippen molar-refractivity contribution in [2.75, 3.05) is 36.8 Å². The number of hydrogen-bond donors (Lipinski definition) is 0. The number of nitrogens with zero attached hydrogens (tertiary/aromatic N) is 3. The first kappa shape index (κ1) is 26.7. The highest BCUT2D eigenvalue weighted by molar-refractivity contribution is 7.99. The van der Waals surface area contributed by atoms with Crippen molar-refractivity contribution in [1.29, 1.82) is 0 Å². The largest absolute Gasteiger partial charge is 0.302 e. The molecule has 0 aliphatic carbocycles. The molecule has 1 amide bonds. The smallest absolute Gasteiger partial charge is 0.229 e. The number of aromatic nitrogens is 1. The van der Waals surface area contributed by atoms with Gasteiger partial charge in [-0.1, -0.05) is 55.0 Å². The molecule has 0 fully saturated rings. The van der Waals surface area contributed by atoms with E-state index in [1.807, 2.05) is 4.90 Å². The lowest BCUT2D eigenvalue weighted by Crippen LogP contribution is -2.39. The number of thioether (sulfide) groups is 1. The lowest BCUT2D eigenvalue weighted by molar-refractivity contribution is -0.118. The maximum absolute atomic E-state index is 13.3. The van der Waals surface area contributed by atoms with Gasteiger partial charge in [-0.25, -0.2) is 4.98 Å². The van der Waals surface area contributed by atoms with Crippen LogP contribution in [0, 0.1) is 20.8 Å². The fraction of sp³-hybridized carbons (Fsp3) is 0.440. The molecule has 0 saturated heterocycles. The van der Waals surface area contributed by atoms with Crippen molar-refractivity contribution in [3.8, 4) is 0 Å². The molecule has 0 aliphatic rings. The van der Waals surface area contributed by atoms with Gasteiger partial charge in [0.15, 0.2) is 5.13 Å². The van der Waals surface area contributed by atoms with Crippen molar-refractivity contribution in [3.05, 3.63) is 53.1 Å². The summed E-state index contributed by atoms with van der Waals surface area (Å²) in [6.07, 6.45) is 0.505. The van der Waals surface area contributed by atoms with Gasteiger partial charge in [0.25, 0.3) is 0 Å². The van der Waals surface area contributed by atoms with Gasteiger partial charge in [-0.2, -0.15) is 0 Å². The summed E-state index contributed by atoms with van der Waals surface area (Å²) in [5.41, 5.74) is 4.66. The summed E-state index contributed by atoms with van der Waals surface area (Å²) < 4.78 is 1.18. The number of halogens is 1. The van der Waals surface area contributed by atoms with Gasteiger partial charge in [0.1, 0.15) is 0 Å². The average molecular weight is 492 g/mol. The molecule has 7 heteroatoms. The number of thiazole rings is 1. The van der Waals surface area contributed by atoms with Crippen molar-refractivity contribution in [1.82, 2.24) is 9.88 Å². The third kappa shape index (κ3) is 6.70. The van der Waals surface area contributed by atoms with Gasteiger partial charge in [0.05, 0.1) is 10.2 Å². The van der Waals surface area contributed by atoms with Gasteiger partial charge in [-0.05, 0) is 57.1 Å². The normalized spacial score (nSPS) is 11.1. The van der Waals surface area contributed by atoms with E-state index in [2.05, 4.69) is 75.9 Å². The second-order valence-corrected chi connectivity index (χ2v) is 10.0. The Morgan fingerprint density at radius 1 is 0.969 bits per heavy atom. The molecule has 0 bridgehead atoms. The molecule has 1 heterocycles. The average Bonchev–Trinajstić information content (AvgIpc) is 3.22. The molecule has 32 heavy (non-hydrogen) atoms. The molecule has 0 unspecified atom stereocenters. The van der Waals surface area contributed by atoms with Gasteiger partial charge in [-0.15, -0.1) is 24.2 Å². The molecule has 4 nitrogen and oxygen atoms in total. The van der Waals surface area contributed by atoms with Crippen LogP contribution in [0.5, 0.6) is 0 Å². The number of amides is 1. The van der Waals surface area contributed by atoms with E-state index in [-0.39, 0.29) is 18.3 Å². The van der Waals surface area contributed by atoms with E-state index in [0.29, 0.717) is 13.0 Å². The molecule has 3 aromatic rings. The number of hydrogen-bond acceptors (Lipinski definition) is 5. The summed E-state index contributed by atoms with van der Waals surface area (Å²) in [6, 6.07) is 12.7. The van der Waals surface area contributed by atoms with Crippen molar-refractivity contribution in [3.63, 3.8) is 0 Å². The van der Waals surface area contributed by atoms with Gasteiger partial charge in [0, 0.05) is 30.2 Å². The molecule has 2 aromatic carbocycles. The summed E-state index contributed by atoms with van der Waals surface area (Å²) in [5, 5.41) is 0.824. The Hall–Kier alpha value is -1.60. The third-order valence-corrected chi connectivity index (χ3v) is 7.83. The lowest BCUT2D eigenvalue weighted by Gasteiger charge is -2.24. The van der Waals surface area contributed by atoms with Crippen LogP contribution in [0.15, 0.2) is 41.3 Å². The summed E-state index contributed by atoms with van der Waals surface area (Å²) >= 11 is 3.38. The Morgan fingerprint density at radius 2 is 1.62 bits per heavy atom. The van der Waals surface area contributed by atoms with Crippen LogP contribution in [-0.4, -0.2) is 47.7 Å². The molecule has 0 spiro atoms. The molecule has 3 rings (SSSR count). The first-order valence-corrected chi connectivity index (χ1v) is 12.8. The standard InChI is InChI=1S/C25H33N3OS2.ClH/c1-6-27(7-2)15-16-28(22(29)14-17-30-21-12-8-18(3)9-13-21)25-26-23-19(4)10-11-20(5)24(23)31-25;/h8-13H,6-7,14-17H2,1-5H3;1H. The number of aryl methyl sites for hydroxylation is 3. The monoisotopic (exact) mass is 491 g/mol. The zero-order valence-corrected chi connectivity index (χ0v) is 22.1. The zero-order valence-electron chi connectivity index (χ0n) is 19.7. The molecule has 174 valence electrons. The Balaban J connectivity index is 0.00000363. The van der Waals surface area contributed by atoms with Crippen LogP contribution in [0.25, 0.3) is 10.2 Å². The van der Waals surface area contributed by atoms with Crippen molar-refractivity contribution >= 4 is 56.8 Å². The second kappa shape index (κ2) is 12.6. The minimum atomic E-state index is 0. The highest BCUT2D eigenvalue weighted by Crippen LogP contribution is 2.33. The number of benzene rings is 2. The molecule has 0 atom stereocenters. The molecular formula is C25H34ClN3OS2. The van der Waals surface area contributed by atoms with Crippen molar-refractivity contribution < 1.29 is 4.79 Å². The van der Waals surface area contributed by atoms with Crippen LogP contribution >= 0.6 is 35.5 Å². The Kier molecular flexibility index (Phi) is 10.5. The first-order valence-electron chi connectivity index (χ1n) is 11.0. The van der Waals surface area contributed by atoms with Gasteiger partial charge >= 0.3 is 0 Å². The minimum Gasteiger partial charge on any atom is -0.302 e. The van der Waals surface area contributed by atoms with Crippen molar-refractivity contribution in [2.45, 2.75) is 45.9 Å². The zero-order chi connectivity index (χ0) is 22.4. The quantitative estimate of drug-likeness (QED) is 0.303. The fourth-order valence-electron chi connectivity index (χ4n) is 3.50. The van der Waals surface area contributed by atoms with Crippen LogP contribution in [0.2, 0.25) is 0 Å². The van der Waals surface area contributed by atoms with E-state index in [9.17, 15) is 4.79 Å². The molecule has 0 radical (unpaired) electrons. The summed E-state index contributed by atoms with van der Waals surface area (Å²) in [4.78, 5) is 23.7. The van der Waals surface area contributed by atoms with E-state index < -0.39 is 0 Å². The number of anilines is 1. The molecule has 1 aromatic heterocycles. The summed E-state index contributed by atoms with van der Waals surface area (Å²) in [6.45, 7) is 14.1. The summed E-state index contributed by atoms with van der Waals surface area (Å²) in [5.74, 6) is 0.924. The van der Waals surface area contributed by atoms with E-state index in [4.69, 9.17) is 4.98 Å². The molecule has 0 saturated carbocycles. The Morgan fingerprint density at radius 3 is 2.25 bits per heavy atom. The van der Waals surface area contributed by atoms with Crippen LogP contribution in [0.4, 0.5) is 5.13 Å². The maximum Gasteiger partial charge on any atom is 0.229 e. The summed E-state index contributed by atoms with van der Waals surface area (Å²) in [7, 11) is 0.